The first-order valence-corrected chi connectivity index (χ1v) is 5.01. The molecule has 2 N–H and O–H groups in total. The molecule has 0 spiro atoms. The summed E-state index contributed by atoms with van der Waals surface area (Å²) in [5.41, 5.74) is 2.14. The third-order valence-electron chi connectivity index (χ3n) is 2.44. The summed E-state index contributed by atoms with van der Waals surface area (Å²) in [5, 5.41) is 4.02. The van der Waals surface area contributed by atoms with Crippen LogP contribution in [0, 0.1) is 0 Å². The van der Waals surface area contributed by atoms with Crippen LogP contribution in [0.2, 0.25) is 0 Å². The molecule has 3 nitrogen and oxygen atoms in total. The van der Waals surface area contributed by atoms with Crippen LogP contribution in [0.15, 0.2) is 30.3 Å². The number of para-hydroxylation sites is 1. The van der Waals surface area contributed by atoms with Gasteiger partial charge in [-0.1, -0.05) is 18.2 Å². The van der Waals surface area contributed by atoms with E-state index < -0.39 is 0 Å². The lowest BCUT2D eigenvalue weighted by Crippen LogP contribution is -2.23. The Kier molecular flexibility index (Phi) is 2.46. The molecule has 1 heterocycles. The van der Waals surface area contributed by atoms with E-state index in [1.807, 2.05) is 25.1 Å². The van der Waals surface area contributed by atoms with Gasteiger partial charge in [-0.3, -0.25) is 4.79 Å². The van der Waals surface area contributed by atoms with Gasteiger partial charge in [0, 0.05) is 18.1 Å². The maximum absolute atomic E-state index is 10.9. The number of carbonyl (C=O) groups is 1. The summed E-state index contributed by atoms with van der Waals surface area (Å²) >= 11 is 0. The van der Waals surface area contributed by atoms with Gasteiger partial charge in [0.05, 0.1) is 6.04 Å². The Hall–Kier alpha value is -1.77. The summed E-state index contributed by atoms with van der Waals surface area (Å²) in [7, 11) is 0. The average molecular weight is 202 g/mol. The summed E-state index contributed by atoms with van der Waals surface area (Å²) in [4.78, 5) is 14.2. The van der Waals surface area contributed by atoms with Gasteiger partial charge in [0.25, 0.3) is 0 Å². The topological polar surface area (TPSA) is 44.9 Å². The van der Waals surface area contributed by atoms with Gasteiger partial charge in [-0.05, 0) is 24.4 Å². The normalized spacial score (nSPS) is 12.7. The largest absolute Gasteiger partial charge is 0.357 e. The van der Waals surface area contributed by atoms with E-state index in [4.69, 9.17) is 0 Å². The molecule has 1 unspecified atom stereocenters. The number of benzene rings is 1. The minimum absolute atomic E-state index is 0.0128. The molecule has 0 fully saturated rings. The van der Waals surface area contributed by atoms with Crippen LogP contribution in [0.1, 0.15) is 25.6 Å². The molecule has 2 rings (SSSR count). The number of hydrogen-bond donors (Lipinski definition) is 2. The summed E-state index contributed by atoms with van der Waals surface area (Å²) in [5.74, 6) is -0.0128. The van der Waals surface area contributed by atoms with E-state index in [0.29, 0.717) is 0 Å². The molecular formula is C12H14N2O. The molecule has 0 aliphatic rings. The van der Waals surface area contributed by atoms with E-state index in [1.165, 1.54) is 12.3 Å². The van der Waals surface area contributed by atoms with Gasteiger partial charge in [-0.2, -0.15) is 0 Å². The van der Waals surface area contributed by atoms with Gasteiger partial charge in [0.2, 0.25) is 5.91 Å². The van der Waals surface area contributed by atoms with E-state index in [2.05, 4.69) is 22.4 Å². The van der Waals surface area contributed by atoms with E-state index in [-0.39, 0.29) is 11.9 Å². The summed E-state index contributed by atoms with van der Waals surface area (Å²) in [6, 6.07) is 10.2. The van der Waals surface area contributed by atoms with Gasteiger partial charge < -0.3 is 10.3 Å². The Bertz CT molecular complexity index is 454. The van der Waals surface area contributed by atoms with Crippen molar-refractivity contribution in [3.8, 4) is 0 Å². The van der Waals surface area contributed by atoms with Crippen molar-refractivity contribution in [3.05, 3.63) is 36.0 Å². The molecule has 0 aliphatic heterocycles. The van der Waals surface area contributed by atoms with Crippen LogP contribution in [0.3, 0.4) is 0 Å². The number of rotatable bonds is 2. The highest BCUT2D eigenvalue weighted by Gasteiger charge is 2.08. The Labute approximate surface area is 88.5 Å². The molecule has 15 heavy (non-hydrogen) atoms. The second kappa shape index (κ2) is 3.77. The van der Waals surface area contributed by atoms with Crippen LogP contribution in [0.5, 0.6) is 0 Å². The minimum Gasteiger partial charge on any atom is -0.357 e. The molecule has 2 aromatic rings. The van der Waals surface area contributed by atoms with Crippen LogP contribution < -0.4 is 5.32 Å². The van der Waals surface area contributed by atoms with Crippen molar-refractivity contribution < 1.29 is 4.79 Å². The second-order valence-corrected chi connectivity index (χ2v) is 3.73. The Morgan fingerprint density at radius 1 is 1.40 bits per heavy atom. The first kappa shape index (κ1) is 9.77. The van der Waals surface area contributed by atoms with Gasteiger partial charge in [0.15, 0.2) is 0 Å². The molecular weight excluding hydrogens is 188 g/mol. The first-order chi connectivity index (χ1) is 7.16. The highest BCUT2D eigenvalue weighted by molar-refractivity contribution is 5.80. The smallest absolute Gasteiger partial charge is 0.217 e. The summed E-state index contributed by atoms with van der Waals surface area (Å²) in [6.45, 7) is 3.49. The van der Waals surface area contributed by atoms with E-state index in [1.54, 1.807) is 0 Å². The fourth-order valence-electron chi connectivity index (χ4n) is 1.71. The lowest BCUT2D eigenvalue weighted by atomic mass is 10.2. The quantitative estimate of drug-likeness (QED) is 0.771. The van der Waals surface area contributed by atoms with Crippen molar-refractivity contribution in [2.75, 3.05) is 0 Å². The van der Waals surface area contributed by atoms with Crippen molar-refractivity contribution in [1.29, 1.82) is 0 Å². The molecule has 0 bridgehead atoms. The lowest BCUT2D eigenvalue weighted by Gasteiger charge is -2.09. The lowest BCUT2D eigenvalue weighted by molar-refractivity contribution is -0.119. The van der Waals surface area contributed by atoms with Crippen LogP contribution in [0.4, 0.5) is 0 Å². The molecule has 1 aromatic carbocycles. The van der Waals surface area contributed by atoms with Gasteiger partial charge in [0.1, 0.15) is 0 Å². The van der Waals surface area contributed by atoms with Crippen molar-refractivity contribution in [2.45, 2.75) is 19.9 Å². The predicted molar refractivity (Wildman–Crippen MR) is 60.5 cm³/mol. The SMILES string of the molecule is CC(=O)NC(C)c1cc2ccccc2[nH]1. The molecule has 0 saturated heterocycles. The van der Waals surface area contributed by atoms with Crippen molar-refractivity contribution in [1.82, 2.24) is 10.3 Å². The zero-order valence-electron chi connectivity index (χ0n) is 8.87. The molecule has 78 valence electrons. The third kappa shape index (κ3) is 2.01. The molecule has 0 radical (unpaired) electrons. The Morgan fingerprint density at radius 3 is 2.80 bits per heavy atom. The zero-order chi connectivity index (χ0) is 10.8. The second-order valence-electron chi connectivity index (χ2n) is 3.73. The fraction of sp³-hybridized carbons (Fsp3) is 0.250. The van der Waals surface area contributed by atoms with Gasteiger partial charge in [-0.15, -0.1) is 0 Å². The molecule has 1 atom stereocenters. The van der Waals surface area contributed by atoms with E-state index >= 15 is 0 Å². The monoisotopic (exact) mass is 202 g/mol. The van der Waals surface area contributed by atoms with Crippen molar-refractivity contribution >= 4 is 16.8 Å². The number of aromatic amines is 1. The molecule has 3 heteroatoms. The number of carbonyl (C=O) groups excluding carboxylic acids is 1. The summed E-state index contributed by atoms with van der Waals surface area (Å²) in [6.07, 6.45) is 0. The maximum Gasteiger partial charge on any atom is 0.217 e. The van der Waals surface area contributed by atoms with Crippen LogP contribution >= 0.6 is 0 Å². The number of H-pyrrole nitrogens is 1. The number of amides is 1. The highest BCUT2D eigenvalue weighted by atomic mass is 16.1. The van der Waals surface area contributed by atoms with E-state index in [9.17, 15) is 4.79 Å². The Balaban J connectivity index is 2.32. The number of hydrogen-bond acceptors (Lipinski definition) is 1. The predicted octanol–water partition coefficient (Wildman–Crippen LogP) is 2.37. The first-order valence-electron chi connectivity index (χ1n) is 5.01. The standard InChI is InChI=1S/C12H14N2O/c1-8(13-9(2)15)12-7-10-5-3-4-6-11(10)14-12/h3-8,14H,1-2H3,(H,13,15). The Morgan fingerprint density at radius 2 is 2.13 bits per heavy atom. The van der Waals surface area contributed by atoms with E-state index in [0.717, 1.165) is 11.2 Å². The van der Waals surface area contributed by atoms with Crippen molar-refractivity contribution in [3.63, 3.8) is 0 Å². The zero-order valence-corrected chi connectivity index (χ0v) is 8.87. The molecule has 1 aromatic heterocycles. The fourth-order valence-corrected chi connectivity index (χ4v) is 1.71. The van der Waals surface area contributed by atoms with Crippen molar-refractivity contribution in [2.24, 2.45) is 0 Å². The number of fused-ring (bicyclic) bond motifs is 1. The average Bonchev–Trinajstić information content (AvgIpc) is 2.59. The molecule has 1 amide bonds. The molecule has 0 aliphatic carbocycles. The minimum atomic E-state index is -0.0128. The number of aromatic nitrogens is 1. The van der Waals surface area contributed by atoms with Crippen LogP contribution in [0.25, 0.3) is 10.9 Å². The van der Waals surface area contributed by atoms with Gasteiger partial charge in [-0.25, -0.2) is 0 Å². The van der Waals surface area contributed by atoms with Crippen LogP contribution in [-0.4, -0.2) is 10.9 Å². The van der Waals surface area contributed by atoms with Crippen LogP contribution in [-0.2, 0) is 4.79 Å². The maximum atomic E-state index is 10.9. The highest BCUT2D eigenvalue weighted by Crippen LogP contribution is 2.19. The third-order valence-corrected chi connectivity index (χ3v) is 2.44. The number of nitrogens with one attached hydrogen (secondary N) is 2. The van der Waals surface area contributed by atoms with Gasteiger partial charge >= 0.3 is 0 Å². The summed E-state index contributed by atoms with van der Waals surface area (Å²) < 4.78 is 0. The molecule has 0 saturated carbocycles.